The van der Waals surface area contributed by atoms with Crippen LogP contribution >= 0.6 is 0 Å². The number of amides is 1. The van der Waals surface area contributed by atoms with Crippen molar-refractivity contribution in [3.63, 3.8) is 0 Å². The molecule has 0 radical (unpaired) electrons. The number of piperidine rings is 1. The molecule has 1 saturated heterocycles. The Kier molecular flexibility index (Phi) is 3.76. The second-order valence-electron chi connectivity index (χ2n) is 6.59. The molecule has 0 aromatic rings. The number of nitrogens with one attached hydrogen (secondary N) is 1. The predicted octanol–water partition coefficient (Wildman–Crippen LogP) is 2.17. The summed E-state index contributed by atoms with van der Waals surface area (Å²) in [5, 5.41) is 3.54. The van der Waals surface area contributed by atoms with Gasteiger partial charge in [-0.25, -0.2) is 0 Å². The maximum Gasteiger partial charge on any atom is 0.228 e. The fraction of sp³-hybridized carbons (Fsp3) is 0.929. The van der Waals surface area contributed by atoms with E-state index in [1.54, 1.807) is 0 Å². The zero-order valence-corrected chi connectivity index (χ0v) is 11.5. The molecule has 1 atom stereocenters. The third-order valence-electron chi connectivity index (χ3n) is 3.72. The monoisotopic (exact) mass is 238 g/mol. The molecule has 0 aromatic heterocycles. The molecule has 1 aliphatic heterocycles. The van der Waals surface area contributed by atoms with Crippen LogP contribution in [0.4, 0.5) is 0 Å². The van der Waals surface area contributed by atoms with E-state index in [4.69, 9.17) is 0 Å². The van der Waals surface area contributed by atoms with Crippen molar-refractivity contribution in [2.75, 3.05) is 13.1 Å². The molecule has 1 N–H and O–H groups in total. The second-order valence-corrected chi connectivity index (χ2v) is 6.59. The Hall–Kier alpha value is -0.570. The smallest absolute Gasteiger partial charge is 0.228 e. The van der Waals surface area contributed by atoms with Crippen molar-refractivity contribution in [2.45, 2.75) is 65.0 Å². The van der Waals surface area contributed by atoms with Gasteiger partial charge in [0.2, 0.25) is 5.91 Å². The molecule has 1 unspecified atom stereocenters. The van der Waals surface area contributed by atoms with Crippen molar-refractivity contribution in [2.24, 2.45) is 5.41 Å². The lowest BCUT2D eigenvalue weighted by Crippen LogP contribution is -2.49. The molecular formula is C14H26N2O. The standard InChI is InChI=1S/C14H26N2O/c1-14(2,3)13(17)16(12-7-8-12)10-11-6-4-5-9-15-11/h11-12,15H,4-10H2,1-3H3. The maximum atomic E-state index is 12.4. The number of rotatable bonds is 3. The molecule has 0 bridgehead atoms. The fourth-order valence-electron chi connectivity index (χ4n) is 2.53. The Morgan fingerprint density at radius 3 is 2.41 bits per heavy atom. The Labute approximate surface area is 105 Å². The molecule has 2 aliphatic rings. The van der Waals surface area contributed by atoms with E-state index >= 15 is 0 Å². The van der Waals surface area contributed by atoms with Gasteiger partial charge in [0.25, 0.3) is 0 Å². The number of carbonyl (C=O) groups excluding carboxylic acids is 1. The van der Waals surface area contributed by atoms with E-state index in [1.807, 2.05) is 20.8 Å². The van der Waals surface area contributed by atoms with Crippen molar-refractivity contribution in [1.29, 1.82) is 0 Å². The molecular weight excluding hydrogens is 212 g/mol. The summed E-state index contributed by atoms with van der Waals surface area (Å²) in [6, 6.07) is 1.06. The van der Waals surface area contributed by atoms with Crippen molar-refractivity contribution in [3.05, 3.63) is 0 Å². The third-order valence-corrected chi connectivity index (χ3v) is 3.72. The minimum absolute atomic E-state index is 0.239. The average Bonchev–Trinajstić information content (AvgIpc) is 3.09. The number of nitrogens with zero attached hydrogens (tertiary/aromatic N) is 1. The van der Waals surface area contributed by atoms with Crippen LogP contribution in [0.2, 0.25) is 0 Å². The lowest BCUT2D eigenvalue weighted by molar-refractivity contribution is -0.140. The minimum atomic E-state index is -0.239. The summed E-state index contributed by atoms with van der Waals surface area (Å²) < 4.78 is 0. The van der Waals surface area contributed by atoms with Gasteiger partial charge in [0.15, 0.2) is 0 Å². The summed E-state index contributed by atoms with van der Waals surface area (Å²) in [5.41, 5.74) is -0.239. The van der Waals surface area contributed by atoms with Crippen molar-refractivity contribution >= 4 is 5.91 Å². The second kappa shape index (κ2) is 4.97. The molecule has 1 aliphatic carbocycles. The summed E-state index contributed by atoms with van der Waals surface area (Å²) in [7, 11) is 0. The van der Waals surface area contributed by atoms with Gasteiger partial charge < -0.3 is 10.2 Å². The minimum Gasteiger partial charge on any atom is -0.338 e. The first kappa shape index (κ1) is 12.9. The van der Waals surface area contributed by atoms with Gasteiger partial charge >= 0.3 is 0 Å². The van der Waals surface area contributed by atoms with Gasteiger partial charge in [-0.2, -0.15) is 0 Å². The first-order valence-electron chi connectivity index (χ1n) is 7.03. The van der Waals surface area contributed by atoms with Crippen LogP contribution < -0.4 is 5.32 Å². The fourth-order valence-corrected chi connectivity index (χ4v) is 2.53. The highest BCUT2D eigenvalue weighted by atomic mass is 16.2. The average molecular weight is 238 g/mol. The molecule has 0 aromatic carbocycles. The molecule has 1 amide bonds. The maximum absolute atomic E-state index is 12.4. The summed E-state index contributed by atoms with van der Waals surface area (Å²) in [5.74, 6) is 0.326. The Morgan fingerprint density at radius 2 is 1.94 bits per heavy atom. The van der Waals surface area contributed by atoms with Crippen molar-refractivity contribution in [1.82, 2.24) is 10.2 Å². The van der Waals surface area contributed by atoms with Gasteiger partial charge in [-0.1, -0.05) is 27.2 Å². The van der Waals surface area contributed by atoms with E-state index in [2.05, 4.69) is 10.2 Å². The number of carbonyl (C=O) groups is 1. The van der Waals surface area contributed by atoms with Crippen molar-refractivity contribution < 1.29 is 4.79 Å². The van der Waals surface area contributed by atoms with E-state index < -0.39 is 0 Å². The number of hydrogen-bond donors (Lipinski definition) is 1. The Morgan fingerprint density at radius 1 is 1.24 bits per heavy atom. The summed E-state index contributed by atoms with van der Waals surface area (Å²) >= 11 is 0. The summed E-state index contributed by atoms with van der Waals surface area (Å²) in [4.78, 5) is 14.6. The molecule has 3 heteroatoms. The van der Waals surface area contributed by atoms with Crippen LogP contribution in [0.25, 0.3) is 0 Å². The van der Waals surface area contributed by atoms with Gasteiger partial charge in [-0.3, -0.25) is 4.79 Å². The molecule has 1 saturated carbocycles. The molecule has 2 rings (SSSR count). The van der Waals surface area contributed by atoms with Crippen LogP contribution in [-0.4, -0.2) is 36.0 Å². The number of hydrogen-bond acceptors (Lipinski definition) is 2. The Bertz CT molecular complexity index is 272. The summed E-state index contributed by atoms with van der Waals surface area (Å²) in [6.07, 6.45) is 6.22. The van der Waals surface area contributed by atoms with Crippen LogP contribution in [0.3, 0.4) is 0 Å². The zero-order chi connectivity index (χ0) is 12.5. The first-order chi connectivity index (χ1) is 7.98. The third kappa shape index (κ3) is 3.44. The quantitative estimate of drug-likeness (QED) is 0.817. The van der Waals surface area contributed by atoms with Gasteiger partial charge in [0.1, 0.15) is 0 Å². The van der Waals surface area contributed by atoms with Crippen molar-refractivity contribution in [3.8, 4) is 0 Å². The van der Waals surface area contributed by atoms with Crippen LogP contribution in [0.5, 0.6) is 0 Å². The summed E-state index contributed by atoms with van der Waals surface area (Å²) in [6.45, 7) is 8.12. The van der Waals surface area contributed by atoms with Crippen LogP contribution in [0.15, 0.2) is 0 Å². The molecule has 2 fully saturated rings. The van der Waals surface area contributed by atoms with Gasteiger partial charge in [0, 0.05) is 24.0 Å². The largest absolute Gasteiger partial charge is 0.338 e. The molecule has 3 nitrogen and oxygen atoms in total. The zero-order valence-electron chi connectivity index (χ0n) is 11.5. The first-order valence-corrected chi connectivity index (χ1v) is 7.03. The van der Waals surface area contributed by atoms with Crippen LogP contribution in [0.1, 0.15) is 52.9 Å². The van der Waals surface area contributed by atoms with E-state index in [1.165, 1.54) is 32.1 Å². The van der Waals surface area contributed by atoms with E-state index in [9.17, 15) is 4.79 Å². The lowest BCUT2D eigenvalue weighted by atomic mass is 9.94. The van der Waals surface area contributed by atoms with E-state index in [-0.39, 0.29) is 5.41 Å². The molecule has 0 spiro atoms. The normalized spacial score (nSPS) is 25.7. The van der Waals surface area contributed by atoms with Gasteiger partial charge in [-0.05, 0) is 32.2 Å². The topological polar surface area (TPSA) is 32.3 Å². The molecule has 17 heavy (non-hydrogen) atoms. The molecule has 1 heterocycles. The van der Waals surface area contributed by atoms with Gasteiger partial charge in [-0.15, -0.1) is 0 Å². The van der Waals surface area contributed by atoms with Gasteiger partial charge in [0.05, 0.1) is 0 Å². The highest BCUT2D eigenvalue weighted by molar-refractivity contribution is 5.82. The lowest BCUT2D eigenvalue weighted by Gasteiger charge is -2.34. The highest BCUT2D eigenvalue weighted by Crippen LogP contribution is 2.31. The Balaban J connectivity index is 1.95. The SMILES string of the molecule is CC(C)(C)C(=O)N(CC1CCCCN1)C1CC1. The van der Waals surface area contributed by atoms with E-state index in [0.29, 0.717) is 18.0 Å². The van der Waals surface area contributed by atoms with E-state index in [0.717, 1.165) is 13.1 Å². The van der Waals surface area contributed by atoms with Crippen LogP contribution in [0, 0.1) is 5.41 Å². The highest BCUT2D eigenvalue weighted by Gasteiger charge is 2.38. The molecule has 98 valence electrons. The van der Waals surface area contributed by atoms with Crippen LogP contribution in [-0.2, 0) is 4.79 Å². The predicted molar refractivity (Wildman–Crippen MR) is 69.8 cm³/mol.